The minimum Gasteiger partial charge on any atom is -0.484 e. The Kier molecular flexibility index (Phi) is 7.14. The van der Waals surface area contributed by atoms with Crippen LogP contribution in [0.2, 0.25) is 0 Å². The summed E-state index contributed by atoms with van der Waals surface area (Å²) < 4.78 is 41.3. The van der Waals surface area contributed by atoms with Crippen LogP contribution in [0.3, 0.4) is 0 Å². The quantitative estimate of drug-likeness (QED) is 0.534. The van der Waals surface area contributed by atoms with Gasteiger partial charge in [-0.2, -0.15) is 13.2 Å². The van der Waals surface area contributed by atoms with Crippen molar-refractivity contribution < 1.29 is 27.5 Å². The van der Waals surface area contributed by atoms with Crippen molar-refractivity contribution in [1.29, 1.82) is 0 Å². The normalized spacial score (nSPS) is 11.0. The molecule has 166 valence electrons. The predicted octanol–water partition coefficient (Wildman–Crippen LogP) is 5.12. The van der Waals surface area contributed by atoms with Crippen LogP contribution in [0, 0.1) is 6.92 Å². The van der Waals surface area contributed by atoms with Crippen molar-refractivity contribution in [1.82, 2.24) is 5.32 Å². The molecule has 0 aliphatic heterocycles. The summed E-state index contributed by atoms with van der Waals surface area (Å²) in [6.07, 6.45) is -4.40. The van der Waals surface area contributed by atoms with Gasteiger partial charge in [0, 0.05) is 23.4 Å². The number of carbonyl (C=O) groups excluding carboxylic acids is 2. The molecule has 0 saturated heterocycles. The Labute approximate surface area is 183 Å². The number of anilines is 1. The van der Waals surface area contributed by atoms with Crippen LogP contribution in [0.15, 0.2) is 72.8 Å². The van der Waals surface area contributed by atoms with Crippen molar-refractivity contribution in [3.8, 4) is 5.75 Å². The molecule has 0 spiro atoms. The average molecular weight is 442 g/mol. The monoisotopic (exact) mass is 442 g/mol. The predicted molar refractivity (Wildman–Crippen MR) is 115 cm³/mol. The smallest absolute Gasteiger partial charge is 0.422 e. The summed E-state index contributed by atoms with van der Waals surface area (Å²) in [4.78, 5) is 24.9. The molecule has 0 heterocycles. The van der Waals surface area contributed by atoms with Crippen molar-refractivity contribution in [3.63, 3.8) is 0 Å². The first-order valence-electron chi connectivity index (χ1n) is 9.75. The molecule has 0 saturated carbocycles. The van der Waals surface area contributed by atoms with Gasteiger partial charge in [-0.05, 0) is 54.4 Å². The van der Waals surface area contributed by atoms with Crippen molar-refractivity contribution in [2.24, 2.45) is 0 Å². The fourth-order valence-corrected chi connectivity index (χ4v) is 2.84. The number of alkyl halides is 3. The topological polar surface area (TPSA) is 67.4 Å². The van der Waals surface area contributed by atoms with E-state index < -0.39 is 12.8 Å². The zero-order valence-corrected chi connectivity index (χ0v) is 17.2. The highest BCUT2D eigenvalue weighted by molar-refractivity contribution is 6.05. The van der Waals surface area contributed by atoms with Gasteiger partial charge in [0.25, 0.3) is 11.8 Å². The second-order valence-corrected chi connectivity index (χ2v) is 7.08. The highest BCUT2D eigenvalue weighted by atomic mass is 19.4. The van der Waals surface area contributed by atoms with E-state index in [1.54, 1.807) is 54.6 Å². The average Bonchev–Trinajstić information content (AvgIpc) is 2.78. The van der Waals surface area contributed by atoms with Crippen molar-refractivity contribution >= 4 is 17.5 Å². The van der Waals surface area contributed by atoms with Crippen LogP contribution in [0.25, 0.3) is 0 Å². The van der Waals surface area contributed by atoms with Gasteiger partial charge in [0.1, 0.15) is 5.75 Å². The minimum atomic E-state index is -4.40. The van der Waals surface area contributed by atoms with Gasteiger partial charge in [0.2, 0.25) is 0 Å². The lowest BCUT2D eigenvalue weighted by molar-refractivity contribution is -0.153. The standard InChI is InChI=1S/C24H21F3N2O3/c1-16-7-10-19(13-21(16)29-23(31)18-5-3-2-4-6-18)22(30)28-14-17-8-11-20(12-9-17)32-15-24(25,26)27/h2-13H,14-15H2,1H3,(H,28,30)(H,29,31). The van der Waals surface area contributed by atoms with Gasteiger partial charge in [0.15, 0.2) is 6.61 Å². The van der Waals surface area contributed by atoms with Gasteiger partial charge in [-0.1, -0.05) is 36.4 Å². The Morgan fingerprint density at radius 2 is 1.56 bits per heavy atom. The van der Waals surface area contributed by atoms with Gasteiger partial charge in [-0.3, -0.25) is 9.59 Å². The van der Waals surface area contributed by atoms with E-state index in [4.69, 9.17) is 0 Å². The molecule has 0 radical (unpaired) electrons. The molecule has 2 amide bonds. The molecule has 3 aromatic rings. The molecule has 32 heavy (non-hydrogen) atoms. The number of aryl methyl sites for hydroxylation is 1. The molecular formula is C24H21F3N2O3. The zero-order chi connectivity index (χ0) is 23.1. The molecule has 0 fully saturated rings. The van der Waals surface area contributed by atoms with E-state index in [0.717, 1.165) is 5.56 Å². The molecule has 3 aromatic carbocycles. The summed E-state index contributed by atoms with van der Waals surface area (Å²) in [5, 5.41) is 5.56. The van der Waals surface area contributed by atoms with E-state index in [0.29, 0.717) is 22.4 Å². The molecule has 0 unspecified atom stereocenters. The van der Waals surface area contributed by atoms with Gasteiger partial charge in [0.05, 0.1) is 0 Å². The lowest BCUT2D eigenvalue weighted by Gasteiger charge is -2.12. The fraction of sp³-hybridized carbons (Fsp3) is 0.167. The summed E-state index contributed by atoms with van der Waals surface area (Å²) in [6.45, 7) is 0.641. The Bertz CT molecular complexity index is 1080. The zero-order valence-electron chi connectivity index (χ0n) is 17.2. The van der Waals surface area contributed by atoms with Gasteiger partial charge >= 0.3 is 6.18 Å². The van der Waals surface area contributed by atoms with E-state index in [-0.39, 0.29) is 24.1 Å². The van der Waals surface area contributed by atoms with E-state index in [1.165, 1.54) is 12.1 Å². The Morgan fingerprint density at radius 3 is 2.22 bits per heavy atom. The molecule has 0 atom stereocenters. The Balaban J connectivity index is 1.59. The van der Waals surface area contributed by atoms with Crippen LogP contribution in [0.1, 0.15) is 31.8 Å². The summed E-state index contributed by atoms with van der Waals surface area (Å²) in [5.74, 6) is -0.536. The Hall–Kier alpha value is -3.81. The van der Waals surface area contributed by atoms with E-state index in [1.807, 2.05) is 13.0 Å². The number of carbonyl (C=O) groups is 2. The third-order valence-corrected chi connectivity index (χ3v) is 4.56. The first kappa shape index (κ1) is 22.9. The number of benzene rings is 3. The van der Waals surface area contributed by atoms with E-state index >= 15 is 0 Å². The number of halogens is 3. The third-order valence-electron chi connectivity index (χ3n) is 4.56. The number of nitrogens with one attached hydrogen (secondary N) is 2. The highest BCUT2D eigenvalue weighted by Crippen LogP contribution is 2.20. The minimum absolute atomic E-state index is 0.0923. The van der Waals surface area contributed by atoms with Crippen LogP contribution in [0.4, 0.5) is 18.9 Å². The largest absolute Gasteiger partial charge is 0.484 e. The third kappa shape index (κ3) is 6.60. The van der Waals surface area contributed by atoms with Crippen molar-refractivity contribution in [3.05, 3.63) is 95.1 Å². The molecule has 0 aliphatic carbocycles. The van der Waals surface area contributed by atoms with Crippen LogP contribution in [-0.2, 0) is 6.54 Å². The second kappa shape index (κ2) is 10.00. The van der Waals surface area contributed by atoms with E-state index in [2.05, 4.69) is 15.4 Å². The maximum atomic E-state index is 12.5. The lowest BCUT2D eigenvalue weighted by Crippen LogP contribution is -2.23. The van der Waals surface area contributed by atoms with Gasteiger partial charge in [-0.25, -0.2) is 0 Å². The van der Waals surface area contributed by atoms with Crippen LogP contribution >= 0.6 is 0 Å². The maximum Gasteiger partial charge on any atom is 0.422 e. The Morgan fingerprint density at radius 1 is 0.875 bits per heavy atom. The SMILES string of the molecule is Cc1ccc(C(=O)NCc2ccc(OCC(F)(F)F)cc2)cc1NC(=O)c1ccccc1. The summed E-state index contributed by atoms with van der Waals surface area (Å²) in [7, 11) is 0. The van der Waals surface area contributed by atoms with Crippen molar-refractivity contribution in [2.45, 2.75) is 19.6 Å². The number of ether oxygens (including phenoxy) is 1. The number of hydrogen-bond donors (Lipinski definition) is 2. The summed E-state index contributed by atoms with van der Waals surface area (Å²) in [5.41, 5.74) is 2.90. The van der Waals surface area contributed by atoms with E-state index in [9.17, 15) is 22.8 Å². The van der Waals surface area contributed by atoms with Gasteiger partial charge in [-0.15, -0.1) is 0 Å². The molecule has 2 N–H and O–H groups in total. The van der Waals surface area contributed by atoms with Crippen molar-refractivity contribution in [2.75, 3.05) is 11.9 Å². The molecule has 5 nitrogen and oxygen atoms in total. The molecule has 0 bridgehead atoms. The van der Waals surface area contributed by atoms with Gasteiger partial charge < -0.3 is 15.4 Å². The number of hydrogen-bond acceptors (Lipinski definition) is 3. The second-order valence-electron chi connectivity index (χ2n) is 7.08. The molecule has 8 heteroatoms. The summed E-state index contributed by atoms with van der Waals surface area (Å²) >= 11 is 0. The molecule has 0 aliphatic rings. The number of amides is 2. The first-order chi connectivity index (χ1) is 15.2. The fourth-order valence-electron chi connectivity index (χ4n) is 2.84. The molecular weight excluding hydrogens is 421 g/mol. The van der Waals surface area contributed by atoms with Crippen LogP contribution < -0.4 is 15.4 Å². The molecule has 3 rings (SSSR count). The summed E-state index contributed by atoms with van der Waals surface area (Å²) in [6, 6.07) is 19.7. The molecule has 0 aromatic heterocycles. The van der Waals surface area contributed by atoms with Crippen LogP contribution in [-0.4, -0.2) is 24.6 Å². The van der Waals surface area contributed by atoms with Crippen LogP contribution in [0.5, 0.6) is 5.75 Å². The maximum absolute atomic E-state index is 12.5. The highest BCUT2D eigenvalue weighted by Gasteiger charge is 2.28. The number of rotatable bonds is 7. The first-order valence-corrected chi connectivity index (χ1v) is 9.75. The lowest BCUT2D eigenvalue weighted by atomic mass is 10.1.